The number of rotatable bonds is 6. The van der Waals surface area contributed by atoms with Crippen molar-refractivity contribution < 1.29 is 32.2 Å². The normalized spacial score (nSPS) is 23.5. The molecule has 1 spiro atoms. The predicted molar refractivity (Wildman–Crippen MR) is 168 cm³/mol. The molecule has 5 aliphatic rings. The molecule has 3 aliphatic heterocycles. The van der Waals surface area contributed by atoms with Crippen LogP contribution in [-0.2, 0) is 26.9 Å². The Morgan fingerprint density at radius 2 is 1.88 bits per heavy atom. The van der Waals surface area contributed by atoms with Crippen molar-refractivity contribution in [3.63, 3.8) is 0 Å². The molecule has 10 nitrogen and oxygen atoms in total. The number of carbonyl (C=O) groups excluding carboxylic acids is 2. The zero-order chi connectivity index (χ0) is 33.4. The Morgan fingerprint density at radius 3 is 2.48 bits per heavy atom. The summed E-state index contributed by atoms with van der Waals surface area (Å²) in [6.45, 7) is 5.71. The molecule has 2 amide bonds. The predicted octanol–water partition coefficient (Wildman–Crippen LogP) is 5.14. The summed E-state index contributed by atoms with van der Waals surface area (Å²) in [6.07, 6.45) is 2.59. The molecule has 13 heteroatoms. The second-order valence-corrected chi connectivity index (χ2v) is 13.9. The molecule has 0 bridgehead atoms. The van der Waals surface area contributed by atoms with E-state index in [1.807, 2.05) is 4.68 Å². The number of amides is 2. The van der Waals surface area contributed by atoms with Crippen LogP contribution in [0.2, 0.25) is 0 Å². The van der Waals surface area contributed by atoms with E-state index in [0.717, 1.165) is 49.2 Å². The first-order valence-electron chi connectivity index (χ1n) is 16.5. The van der Waals surface area contributed by atoms with Crippen molar-refractivity contribution >= 4 is 17.5 Å². The fourth-order valence-electron chi connectivity index (χ4n) is 7.95. The summed E-state index contributed by atoms with van der Waals surface area (Å²) >= 11 is 0. The van der Waals surface area contributed by atoms with E-state index in [2.05, 4.69) is 35.8 Å². The Bertz CT molecular complexity index is 1770. The maximum atomic E-state index is 14.1. The van der Waals surface area contributed by atoms with Crippen molar-refractivity contribution in [1.82, 2.24) is 24.6 Å². The number of aromatic nitrogens is 3. The number of ether oxygens (including phenoxy) is 2. The van der Waals surface area contributed by atoms with Gasteiger partial charge in [0.2, 0.25) is 5.91 Å². The summed E-state index contributed by atoms with van der Waals surface area (Å²) in [4.78, 5) is 34.1. The van der Waals surface area contributed by atoms with Crippen molar-refractivity contribution in [2.45, 2.75) is 68.9 Å². The maximum Gasteiger partial charge on any atom is 0.433 e. The zero-order valence-electron chi connectivity index (χ0n) is 26.4. The van der Waals surface area contributed by atoms with Gasteiger partial charge in [-0.05, 0) is 61.4 Å². The molecular weight excluding hydrogens is 625 g/mol. The van der Waals surface area contributed by atoms with Crippen LogP contribution in [0, 0.1) is 5.41 Å². The topological polar surface area (TPSA) is 116 Å². The second kappa shape index (κ2) is 11.4. The number of nitrogens with two attached hydrogens (primary N) is 1. The average molecular weight is 663 g/mol. The number of carbonyl (C=O) groups is 2. The first-order chi connectivity index (χ1) is 23.0. The van der Waals surface area contributed by atoms with Crippen LogP contribution in [0.4, 0.5) is 18.9 Å². The third-order valence-electron chi connectivity index (χ3n) is 10.8. The van der Waals surface area contributed by atoms with Crippen LogP contribution in [0.15, 0.2) is 49.2 Å². The molecule has 2 saturated carbocycles. The van der Waals surface area contributed by atoms with Crippen LogP contribution in [0.5, 0.6) is 0 Å². The Kier molecular flexibility index (Phi) is 7.40. The lowest BCUT2D eigenvalue weighted by Crippen LogP contribution is -2.55. The summed E-state index contributed by atoms with van der Waals surface area (Å²) in [6, 6.07) is 8.49. The van der Waals surface area contributed by atoms with E-state index < -0.39 is 29.9 Å². The molecule has 2 aliphatic carbocycles. The van der Waals surface area contributed by atoms with Crippen LogP contribution in [0.3, 0.4) is 0 Å². The highest BCUT2D eigenvalue weighted by molar-refractivity contribution is 5.99. The number of nitrogen functional groups attached to an aromatic ring is 1. The van der Waals surface area contributed by atoms with Crippen LogP contribution < -0.4 is 5.73 Å². The highest BCUT2D eigenvalue weighted by Crippen LogP contribution is 2.50. The molecule has 8 rings (SSSR count). The van der Waals surface area contributed by atoms with Crippen molar-refractivity contribution in [1.29, 1.82) is 0 Å². The monoisotopic (exact) mass is 662 g/mol. The number of halogens is 3. The molecule has 48 heavy (non-hydrogen) atoms. The number of nitrogens with zero attached hydrogens (tertiary/aromatic N) is 5. The van der Waals surface area contributed by atoms with Gasteiger partial charge in [0.1, 0.15) is 11.8 Å². The molecule has 1 saturated heterocycles. The van der Waals surface area contributed by atoms with Crippen molar-refractivity contribution in [2.75, 3.05) is 38.6 Å². The number of alkyl halides is 3. The van der Waals surface area contributed by atoms with Crippen LogP contribution in [0.1, 0.15) is 88.7 Å². The summed E-state index contributed by atoms with van der Waals surface area (Å²) < 4.78 is 54.2. The van der Waals surface area contributed by atoms with Crippen LogP contribution >= 0.6 is 0 Å². The van der Waals surface area contributed by atoms with Crippen LogP contribution in [0.25, 0.3) is 5.69 Å². The highest BCUT2D eigenvalue weighted by Gasteiger charge is 2.52. The fraction of sp³-hybridized carbons (Fsp3) is 0.486. The molecule has 5 heterocycles. The molecule has 2 atom stereocenters. The molecular formula is C35H37F3N6O4. The van der Waals surface area contributed by atoms with Crippen LogP contribution in [-0.4, -0.2) is 75.3 Å². The molecule has 3 fully saturated rings. The minimum atomic E-state index is -4.71. The van der Waals surface area contributed by atoms with E-state index in [-0.39, 0.29) is 48.3 Å². The van der Waals surface area contributed by atoms with E-state index in [4.69, 9.17) is 20.3 Å². The third-order valence-corrected chi connectivity index (χ3v) is 10.8. The first kappa shape index (κ1) is 31.1. The van der Waals surface area contributed by atoms with E-state index in [1.54, 1.807) is 9.80 Å². The van der Waals surface area contributed by atoms with Gasteiger partial charge in [0.15, 0.2) is 0 Å². The van der Waals surface area contributed by atoms with Gasteiger partial charge in [-0.3, -0.25) is 14.6 Å². The van der Waals surface area contributed by atoms with Crippen molar-refractivity contribution in [2.24, 2.45) is 5.41 Å². The van der Waals surface area contributed by atoms with Gasteiger partial charge >= 0.3 is 6.18 Å². The molecule has 2 aromatic heterocycles. The summed E-state index contributed by atoms with van der Waals surface area (Å²) in [7, 11) is 0. The molecule has 1 aromatic carbocycles. The largest absolute Gasteiger partial charge is 0.433 e. The smallest absolute Gasteiger partial charge is 0.398 e. The minimum Gasteiger partial charge on any atom is -0.398 e. The number of hydrogen-bond donors (Lipinski definition) is 1. The van der Waals surface area contributed by atoms with E-state index >= 15 is 0 Å². The lowest BCUT2D eigenvalue weighted by Gasteiger charge is -2.53. The van der Waals surface area contributed by atoms with Gasteiger partial charge in [-0.25, -0.2) is 4.68 Å². The average Bonchev–Trinajstić information content (AvgIpc) is 3.30. The van der Waals surface area contributed by atoms with Gasteiger partial charge in [-0.2, -0.15) is 18.3 Å². The molecule has 2 N–H and O–H groups in total. The molecule has 0 radical (unpaired) electrons. The summed E-state index contributed by atoms with van der Waals surface area (Å²) in [5, 5.41) is 5.16. The van der Waals surface area contributed by atoms with E-state index in [9.17, 15) is 22.8 Å². The van der Waals surface area contributed by atoms with Crippen molar-refractivity contribution in [3.8, 4) is 5.69 Å². The summed E-state index contributed by atoms with van der Waals surface area (Å²) in [5.74, 6) is -0.300. The minimum absolute atomic E-state index is 0.0296. The standard InChI is InChI=1S/C35H37F3N6O4/c1-2-30(45)42-16-27-31-26(10-11-43(27)33(46)24-15-40-29(12-25(24)39)35(36,37)38)44(22-8-6-21(7-9-22)20-4-3-5-20)41-32(31)28(17-42)48-23-13-34(14-23)18-47-19-34/h2,6-9,12,15,20,23,27-28H,1,3-5,10-11,13-14,16-19H2,(H2,39,40). The number of hydrogen-bond acceptors (Lipinski definition) is 7. The Balaban J connectivity index is 1.19. The van der Waals surface area contributed by atoms with Gasteiger partial charge in [-0.15, -0.1) is 0 Å². The van der Waals surface area contributed by atoms with Gasteiger partial charge < -0.3 is 25.0 Å². The lowest BCUT2D eigenvalue weighted by molar-refractivity contribution is -0.221. The Hall–Kier alpha value is -4.23. The number of anilines is 1. The van der Waals surface area contributed by atoms with E-state index in [0.29, 0.717) is 24.1 Å². The van der Waals surface area contributed by atoms with Gasteiger partial charge in [0.25, 0.3) is 5.91 Å². The fourth-order valence-corrected chi connectivity index (χ4v) is 7.95. The lowest BCUT2D eigenvalue weighted by atomic mass is 9.65. The van der Waals surface area contributed by atoms with Gasteiger partial charge in [0, 0.05) is 42.4 Å². The molecule has 252 valence electrons. The SMILES string of the molecule is C=CC(=O)N1CC(OC2CC3(COC3)C2)c2nn(-c3ccc(C4CCC4)cc3)c3c2C(C1)N(C(=O)c1cnc(C(F)(F)F)cc1N)CC3. The third kappa shape index (κ3) is 5.18. The Morgan fingerprint density at radius 1 is 1.12 bits per heavy atom. The number of pyridine rings is 1. The molecule has 3 aromatic rings. The number of benzene rings is 1. The Labute approximate surface area is 275 Å². The molecule has 2 unspecified atom stereocenters. The second-order valence-electron chi connectivity index (χ2n) is 13.9. The maximum absolute atomic E-state index is 14.1. The first-order valence-corrected chi connectivity index (χ1v) is 16.5. The van der Waals surface area contributed by atoms with Gasteiger partial charge in [-0.1, -0.05) is 25.1 Å². The highest BCUT2D eigenvalue weighted by atomic mass is 19.4. The van der Waals surface area contributed by atoms with Gasteiger partial charge in [0.05, 0.1) is 54.5 Å². The van der Waals surface area contributed by atoms with E-state index in [1.165, 1.54) is 30.9 Å². The summed E-state index contributed by atoms with van der Waals surface area (Å²) in [5.41, 5.74) is 9.13. The van der Waals surface area contributed by atoms with Crippen molar-refractivity contribution in [3.05, 3.63) is 83.0 Å². The zero-order valence-corrected chi connectivity index (χ0v) is 26.4. The quantitative estimate of drug-likeness (QED) is 0.364.